The molecule has 1 saturated carbocycles. The molecule has 29 heavy (non-hydrogen) atoms. The van der Waals surface area contributed by atoms with Gasteiger partial charge in [0.05, 0.1) is 0 Å². The van der Waals surface area contributed by atoms with Gasteiger partial charge in [0.25, 0.3) is 5.91 Å². The number of imide groups is 1. The largest absolute Gasteiger partial charge is 0.372 e. The highest BCUT2D eigenvalue weighted by molar-refractivity contribution is 6.09. The highest BCUT2D eigenvalue weighted by atomic mass is 16.2. The Hall–Kier alpha value is -2.57. The van der Waals surface area contributed by atoms with Gasteiger partial charge >= 0.3 is 6.03 Å². The number of rotatable bonds is 6. The minimum Gasteiger partial charge on any atom is -0.372 e. The Bertz CT molecular complexity index is 799. The molecule has 156 valence electrons. The van der Waals surface area contributed by atoms with Crippen molar-refractivity contribution in [3.8, 4) is 0 Å². The highest BCUT2D eigenvalue weighted by Gasteiger charge is 2.56. The van der Waals surface area contributed by atoms with E-state index in [2.05, 4.69) is 22.3 Å². The second-order valence-electron chi connectivity index (χ2n) is 8.76. The van der Waals surface area contributed by atoms with E-state index in [0.29, 0.717) is 6.54 Å². The zero-order valence-corrected chi connectivity index (χ0v) is 17.3. The first-order chi connectivity index (χ1) is 13.9. The summed E-state index contributed by atoms with van der Waals surface area (Å²) in [5, 5.41) is 2.79. The van der Waals surface area contributed by atoms with Crippen molar-refractivity contribution in [1.82, 2.24) is 15.1 Å². The van der Waals surface area contributed by atoms with E-state index in [1.807, 2.05) is 12.1 Å². The van der Waals surface area contributed by atoms with Crippen LogP contribution in [0.1, 0.15) is 44.6 Å². The number of nitrogens with one attached hydrogen (secondary N) is 1. The zero-order valence-electron chi connectivity index (χ0n) is 17.3. The molecule has 1 N–H and O–H groups in total. The third kappa shape index (κ3) is 3.95. The maximum Gasteiger partial charge on any atom is 0.325 e. The minimum atomic E-state index is -0.847. The topological polar surface area (TPSA) is 73.0 Å². The molecule has 2 heterocycles. The van der Waals surface area contributed by atoms with Crippen molar-refractivity contribution >= 4 is 23.5 Å². The molecule has 2 saturated heterocycles. The summed E-state index contributed by atoms with van der Waals surface area (Å²) in [6, 6.07) is 7.85. The van der Waals surface area contributed by atoms with Crippen molar-refractivity contribution in [2.45, 2.75) is 51.1 Å². The standard InChI is InChI=1S/C22H30N4O3/c1-22(17-8-9-17)20(28)26(21(29)23-22)15-19(27)24(2)14-16-6-10-18(11-7-16)25-12-4-3-5-13-25/h6-7,10-11,17H,3-5,8-9,12-15H2,1-2H3,(H,23,29). The summed E-state index contributed by atoms with van der Waals surface area (Å²) in [4.78, 5) is 42.6. The smallest absolute Gasteiger partial charge is 0.325 e. The molecular weight excluding hydrogens is 368 g/mol. The van der Waals surface area contributed by atoms with Gasteiger partial charge in [-0.2, -0.15) is 0 Å². The van der Waals surface area contributed by atoms with Crippen molar-refractivity contribution in [2.75, 3.05) is 31.6 Å². The van der Waals surface area contributed by atoms with Crippen LogP contribution in [0.3, 0.4) is 0 Å². The van der Waals surface area contributed by atoms with Crippen molar-refractivity contribution < 1.29 is 14.4 Å². The van der Waals surface area contributed by atoms with E-state index in [-0.39, 0.29) is 24.3 Å². The summed E-state index contributed by atoms with van der Waals surface area (Å²) in [5.74, 6) is -0.332. The first-order valence-electron chi connectivity index (χ1n) is 10.6. The maximum absolute atomic E-state index is 12.7. The van der Waals surface area contributed by atoms with Gasteiger partial charge in [0.1, 0.15) is 12.1 Å². The van der Waals surface area contributed by atoms with E-state index in [4.69, 9.17) is 0 Å². The Kier molecular flexibility index (Phi) is 5.23. The molecule has 1 unspecified atom stereocenters. The lowest BCUT2D eigenvalue weighted by molar-refractivity contribution is -0.138. The molecule has 1 aliphatic carbocycles. The molecule has 1 aromatic carbocycles. The molecular formula is C22H30N4O3. The van der Waals surface area contributed by atoms with E-state index in [1.165, 1.54) is 24.9 Å². The summed E-state index contributed by atoms with van der Waals surface area (Å²) < 4.78 is 0. The predicted octanol–water partition coefficient (Wildman–Crippen LogP) is 2.36. The molecule has 0 aromatic heterocycles. The number of amides is 4. The van der Waals surface area contributed by atoms with Crippen LogP contribution in [0.4, 0.5) is 10.5 Å². The van der Waals surface area contributed by atoms with Crippen LogP contribution in [0.5, 0.6) is 0 Å². The van der Waals surface area contributed by atoms with Gasteiger partial charge in [-0.3, -0.25) is 14.5 Å². The molecule has 0 bridgehead atoms. The highest BCUT2D eigenvalue weighted by Crippen LogP contribution is 2.42. The molecule has 7 heteroatoms. The van der Waals surface area contributed by atoms with Gasteiger partial charge in [-0.05, 0) is 62.6 Å². The van der Waals surface area contributed by atoms with E-state index < -0.39 is 11.6 Å². The summed E-state index contributed by atoms with van der Waals surface area (Å²) in [6.07, 6.45) is 5.66. The molecule has 1 atom stereocenters. The number of anilines is 1. The molecule has 4 amide bonds. The van der Waals surface area contributed by atoms with Gasteiger partial charge in [0.2, 0.25) is 5.91 Å². The first kappa shape index (κ1) is 19.7. The van der Waals surface area contributed by atoms with Crippen molar-refractivity contribution in [3.05, 3.63) is 29.8 Å². The number of likely N-dealkylation sites (N-methyl/N-ethyl adjacent to an activating group) is 1. The van der Waals surface area contributed by atoms with Crippen molar-refractivity contribution in [3.63, 3.8) is 0 Å². The summed E-state index contributed by atoms with van der Waals surface area (Å²) >= 11 is 0. The second-order valence-corrected chi connectivity index (χ2v) is 8.76. The Morgan fingerprint density at radius 2 is 1.79 bits per heavy atom. The number of carbonyl (C=O) groups excluding carboxylic acids is 3. The quantitative estimate of drug-likeness (QED) is 0.747. The molecule has 0 radical (unpaired) electrons. The SMILES string of the molecule is CN(Cc1ccc(N2CCCCC2)cc1)C(=O)CN1C(=O)NC(C)(C2CC2)C1=O. The molecule has 1 aromatic rings. The molecule has 3 fully saturated rings. The van der Waals surface area contributed by atoms with Gasteiger partial charge in [-0.25, -0.2) is 4.79 Å². The van der Waals surface area contributed by atoms with E-state index in [1.54, 1.807) is 18.9 Å². The van der Waals surface area contributed by atoms with Gasteiger partial charge in [0, 0.05) is 32.4 Å². The molecule has 7 nitrogen and oxygen atoms in total. The van der Waals surface area contributed by atoms with Crippen LogP contribution in [0.2, 0.25) is 0 Å². The van der Waals surface area contributed by atoms with Crippen LogP contribution in [0.25, 0.3) is 0 Å². The second kappa shape index (κ2) is 7.69. The number of nitrogens with zero attached hydrogens (tertiary/aromatic N) is 3. The Morgan fingerprint density at radius 3 is 2.41 bits per heavy atom. The summed E-state index contributed by atoms with van der Waals surface area (Å²) in [5.41, 5.74) is 1.41. The molecule has 3 aliphatic rings. The van der Waals surface area contributed by atoms with Gasteiger partial charge in [-0.1, -0.05) is 12.1 Å². The fourth-order valence-electron chi connectivity index (χ4n) is 4.38. The molecule has 2 aliphatic heterocycles. The van der Waals surface area contributed by atoms with E-state index in [0.717, 1.165) is 36.4 Å². The monoisotopic (exact) mass is 398 g/mol. The fourth-order valence-corrected chi connectivity index (χ4v) is 4.38. The van der Waals surface area contributed by atoms with Gasteiger partial charge in [0.15, 0.2) is 0 Å². The number of carbonyl (C=O) groups is 3. The Labute approximate surface area is 172 Å². The van der Waals surface area contributed by atoms with E-state index in [9.17, 15) is 14.4 Å². The number of hydrogen-bond donors (Lipinski definition) is 1. The lowest BCUT2D eigenvalue weighted by atomic mass is 9.96. The van der Waals surface area contributed by atoms with Crippen LogP contribution in [-0.2, 0) is 16.1 Å². The van der Waals surface area contributed by atoms with Crippen LogP contribution in [0, 0.1) is 5.92 Å². The normalized spacial score (nSPS) is 24.6. The van der Waals surface area contributed by atoms with Crippen LogP contribution in [0.15, 0.2) is 24.3 Å². The average Bonchev–Trinajstić information content (AvgIpc) is 3.55. The van der Waals surface area contributed by atoms with Crippen molar-refractivity contribution in [2.24, 2.45) is 5.92 Å². The minimum absolute atomic E-state index is 0.190. The number of piperidine rings is 1. The fraction of sp³-hybridized carbons (Fsp3) is 0.591. The summed E-state index contributed by atoms with van der Waals surface area (Å²) in [6.45, 7) is 4.20. The van der Waals surface area contributed by atoms with Gasteiger partial charge in [-0.15, -0.1) is 0 Å². The van der Waals surface area contributed by atoms with Crippen LogP contribution < -0.4 is 10.2 Å². The van der Waals surface area contributed by atoms with E-state index >= 15 is 0 Å². The third-order valence-corrected chi connectivity index (χ3v) is 6.49. The number of urea groups is 1. The lowest BCUT2D eigenvalue weighted by Crippen LogP contribution is -2.47. The van der Waals surface area contributed by atoms with Crippen LogP contribution >= 0.6 is 0 Å². The Morgan fingerprint density at radius 1 is 1.14 bits per heavy atom. The van der Waals surface area contributed by atoms with Crippen molar-refractivity contribution in [1.29, 1.82) is 0 Å². The van der Waals surface area contributed by atoms with Crippen LogP contribution in [-0.4, -0.2) is 59.9 Å². The first-order valence-corrected chi connectivity index (χ1v) is 10.6. The lowest BCUT2D eigenvalue weighted by Gasteiger charge is -2.29. The zero-order chi connectivity index (χ0) is 20.6. The van der Waals surface area contributed by atoms with Gasteiger partial charge < -0.3 is 15.1 Å². The molecule has 4 rings (SSSR count). The Balaban J connectivity index is 1.33. The summed E-state index contributed by atoms with van der Waals surface area (Å²) in [7, 11) is 1.71. The molecule has 0 spiro atoms. The third-order valence-electron chi connectivity index (χ3n) is 6.49. The number of benzene rings is 1. The predicted molar refractivity (Wildman–Crippen MR) is 110 cm³/mol. The maximum atomic E-state index is 12.7. The number of hydrogen-bond acceptors (Lipinski definition) is 4. The average molecular weight is 399 g/mol.